The number of aryl methyl sites for hydroxylation is 2. The third kappa shape index (κ3) is 1.94. The first-order valence-electron chi connectivity index (χ1n) is 6.77. The van der Waals surface area contributed by atoms with Crippen LogP contribution in [0.25, 0.3) is 22.0 Å². The average Bonchev–Trinajstić information content (AvgIpc) is 2.79. The number of ketones is 1. The standard InChI is InChI=1S/C18H17NO/c1-11-9-12(2)17-15(10-11)16(18(19-17)13(3)20)14-7-5-4-6-8-14/h4-10,19H,1-3H3. The highest BCUT2D eigenvalue weighted by atomic mass is 16.1. The van der Waals surface area contributed by atoms with Gasteiger partial charge in [0, 0.05) is 23.4 Å². The lowest BCUT2D eigenvalue weighted by atomic mass is 9.98. The van der Waals surface area contributed by atoms with Gasteiger partial charge in [-0.25, -0.2) is 0 Å². The Labute approximate surface area is 118 Å². The number of hydrogen-bond acceptors (Lipinski definition) is 1. The molecule has 0 saturated heterocycles. The van der Waals surface area contributed by atoms with Gasteiger partial charge in [0.2, 0.25) is 0 Å². The van der Waals surface area contributed by atoms with Gasteiger partial charge in [-0.3, -0.25) is 4.79 Å². The molecule has 0 radical (unpaired) electrons. The number of Topliss-reactive ketones (excluding diaryl/α,β-unsaturated/α-hetero) is 1. The van der Waals surface area contributed by atoms with Crippen molar-refractivity contribution in [1.29, 1.82) is 0 Å². The Hall–Kier alpha value is -2.35. The molecule has 100 valence electrons. The molecule has 0 atom stereocenters. The van der Waals surface area contributed by atoms with Gasteiger partial charge in [0.1, 0.15) is 0 Å². The zero-order valence-corrected chi connectivity index (χ0v) is 11.9. The first-order valence-corrected chi connectivity index (χ1v) is 6.77. The smallest absolute Gasteiger partial charge is 0.176 e. The van der Waals surface area contributed by atoms with Crippen LogP contribution in [0, 0.1) is 13.8 Å². The van der Waals surface area contributed by atoms with Crippen molar-refractivity contribution in [1.82, 2.24) is 4.98 Å². The number of carbonyl (C=O) groups excluding carboxylic acids is 1. The quantitative estimate of drug-likeness (QED) is 0.670. The van der Waals surface area contributed by atoms with Crippen molar-refractivity contribution in [3.05, 3.63) is 59.3 Å². The number of rotatable bonds is 2. The fourth-order valence-electron chi connectivity index (χ4n) is 2.82. The van der Waals surface area contributed by atoms with Crippen molar-refractivity contribution in [2.45, 2.75) is 20.8 Å². The van der Waals surface area contributed by atoms with Gasteiger partial charge in [-0.2, -0.15) is 0 Å². The Kier molecular flexibility index (Phi) is 2.94. The van der Waals surface area contributed by atoms with Crippen LogP contribution in [-0.2, 0) is 0 Å². The SMILES string of the molecule is CC(=O)c1[nH]c2c(C)cc(C)cc2c1-c1ccccc1. The summed E-state index contributed by atoms with van der Waals surface area (Å²) in [5.74, 6) is 0.0668. The summed E-state index contributed by atoms with van der Waals surface area (Å²) in [6, 6.07) is 14.4. The number of fused-ring (bicyclic) bond motifs is 1. The number of hydrogen-bond donors (Lipinski definition) is 1. The number of nitrogens with one attached hydrogen (secondary N) is 1. The lowest BCUT2D eigenvalue weighted by Crippen LogP contribution is -1.94. The maximum absolute atomic E-state index is 12.0. The summed E-state index contributed by atoms with van der Waals surface area (Å²) in [5.41, 5.74) is 6.22. The van der Waals surface area contributed by atoms with E-state index in [-0.39, 0.29) is 5.78 Å². The van der Waals surface area contributed by atoms with E-state index in [0.29, 0.717) is 5.69 Å². The summed E-state index contributed by atoms with van der Waals surface area (Å²) in [4.78, 5) is 15.3. The molecule has 0 bridgehead atoms. The minimum atomic E-state index is 0.0668. The predicted octanol–water partition coefficient (Wildman–Crippen LogP) is 4.65. The van der Waals surface area contributed by atoms with Gasteiger partial charge in [-0.15, -0.1) is 0 Å². The van der Waals surface area contributed by atoms with E-state index in [1.54, 1.807) is 6.92 Å². The second kappa shape index (κ2) is 4.64. The Bertz CT molecular complexity index is 797. The normalized spacial score (nSPS) is 10.9. The van der Waals surface area contributed by atoms with E-state index in [0.717, 1.165) is 22.0 Å². The topological polar surface area (TPSA) is 32.9 Å². The van der Waals surface area contributed by atoms with Gasteiger partial charge in [-0.1, -0.05) is 42.0 Å². The van der Waals surface area contributed by atoms with Crippen molar-refractivity contribution >= 4 is 16.7 Å². The molecule has 3 rings (SSSR count). The van der Waals surface area contributed by atoms with E-state index in [4.69, 9.17) is 0 Å². The van der Waals surface area contributed by atoms with Crippen LogP contribution in [0.2, 0.25) is 0 Å². The monoisotopic (exact) mass is 263 g/mol. The highest BCUT2D eigenvalue weighted by Crippen LogP contribution is 2.34. The molecule has 3 aromatic rings. The number of carbonyl (C=O) groups is 1. The van der Waals surface area contributed by atoms with E-state index in [1.165, 1.54) is 11.1 Å². The van der Waals surface area contributed by atoms with Crippen molar-refractivity contribution in [2.24, 2.45) is 0 Å². The molecule has 1 aromatic heterocycles. The molecule has 0 aliphatic heterocycles. The van der Waals surface area contributed by atoms with Gasteiger partial charge in [0.15, 0.2) is 5.78 Å². The molecule has 0 saturated carbocycles. The zero-order valence-electron chi connectivity index (χ0n) is 11.9. The zero-order chi connectivity index (χ0) is 14.3. The van der Waals surface area contributed by atoms with Gasteiger partial charge in [0.25, 0.3) is 0 Å². The molecular formula is C18H17NO. The van der Waals surface area contributed by atoms with Gasteiger partial charge >= 0.3 is 0 Å². The maximum Gasteiger partial charge on any atom is 0.176 e. The molecule has 0 amide bonds. The van der Waals surface area contributed by atoms with Crippen molar-refractivity contribution in [2.75, 3.05) is 0 Å². The molecule has 0 spiro atoms. The maximum atomic E-state index is 12.0. The van der Waals surface area contributed by atoms with Crippen LogP contribution < -0.4 is 0 Å². The van der Waals surface area contributed by atoms with E-state index < -0.39 is 0 Å². The van der Waals surface area contributed by atoms with Crippen molar-refractivity contribution in [3.8, 4) is 11.1 Å². The van der Waals surface area contributed by atoms with Gasteiger partial charge in [0.05, 0.1) is 5.69 Å². The van der Waals surface area contributed by atoms with E-state index in [2.05, 4.69) is 31.0 Å². The van der Waals surface area contributed by atoms with Crippen LogP contribution in [0.5, 0.6) is 0 Å². The first-order chi connectivity index (χ1) is 9.58. The lowest BCUT2D eigenvalue weighted by Gasteiger charge is -2.04. The molecule has 2 nitrogen and oxygen atoms in total. The molecule has 0 unspecified atom stereocenters. The highest BCUT2D eigenvalue weighted by Gasteiger charge is 2.17. The fraction of sp³-hybridized carbons (Fsp3) is 0.167. The predicted molar refractivity (Wildman–Crippen MR) is 83.2 cm³/mol. The second-order valence-electron chi connectivity index (χ2n) is 5.30. The third-order valence-electron chi connectivity index (χ3n) is 3.66. The first kappa shape index (κ1) is 12.7. The third-order valence-corrected chi connectivity index (χ3v) is 3.66. The number of benzene rings is 2. The molecule has 20 heavy (non-hydrogen) atoms. The van der Waals surface area contributed by atoms with E-state index in [9.17, 15) is 4.79 Å². The number of aromatic nitrogens is 1. The second-order valence-corrected chi connectivity index (χ2v) is 5.30. The summed E-state index contributed by atoms with van der Waals surface area (Å²) in [5, 5.41) is 1.12. The summed E-state index contributed by atoms with van der Waals surface area (Å²) in [7, 11) is 0. The van der Waals surface area contributed by atoms with Crippen molar-refractivity contribution in [3.63, 3.8) is 0 Å². The largest absolute Gasteiger partial charge is 0.351 e. The number of H-pyrrole nitrogens is 1. The Morgan fingerprint density at radius 2 is 1.75 bits per heavy atom. The summed E-state index contributed by atoms with van der Waals surface area (Å²) in [6.45, 7) is 5.77. The van der Waals surface area contributed by atoms with Crippen LogP contribution >= 0.6 is 0 Å². The molecule has 2 aromatic carbocycles. The Morgan fingerprint density at radius 3 is 2.40 bits per heavy atom. The molecule has 0 fully saturated rings. The molecule has 1 N–H and O–H groups in total. The van der Waals surface area contributed by atoms with Crippen LogP contribution in [0.1, 0.15) is 28.5 Å². The number of aromatic amines is 1. The molecule has 2 heteroatoms. The molecule has 0 aliphatic rings. The Balaban J connectivity index is 2.44. The van der Waals surface area contributed by atoms with Gasteiger partial charge < -0.3 is 4.98 Å². The Morgan fingerprint density at radius 1 is 1.05 bits per heavy atom. The summed E-state index contributed by atoms with van der Waals surface area (Å²) >= 11 is 0. The average molecular weight is 263 g/mol. The lowest BCUT2D eigenvalue weighted by molar-refractivity contribution is 0.101. The molecular weight excluding hydrogens is 246 g/mol. The van der Waals surface area contributed by atoms with E-state index in [1.807, 2.05) is 30.3 Å². The van der Waals surface area contributed by atoms with Crippen molar-refractivity contribution < 1.29 is 4.79 Å². The van der Waals surface area contributed by atoms with Crippen LogP contribution in [0.4, 0.5) is 0 Å². The minimum Gasteiger partial charge on any atom is -0.351 e. The molecule has 1 heterocycles. The fourth-order valence-corrected chi connectivity index (χ4v) is 2.82. The highest BCUT2D eigenvalue weighted by molar-refractivity contribution is 6.10. The summed E-state index contributed by atoms with van der Waals surface area (Å²) in [6.07, 6.45) is 0. The van der Waals surface area contributed by atoms with Crippen LogP contribution in [0.3, 0.4) is 0 Å². The van der Waals surface area contributed by atoms with Crippen LogP contribution in [-0.4, -0.2) is 10.8 Å². The molecule has 0 aliphatic carbocycles. The summed E-state index contributed by atoms with van der Waals surface area (Å²) < 4.78 is 0. The van der Waals surface area contributed by atoms with E-state index >= 15 is 0 Å². The minimum absolute atomic E-state index is 0.0668. The van der Waals surface area contributed by atoms with Crippen LogP contribution in [0.15, 0.2) is 42.5 Å². The van der Waals surface area contributed by atoms with Gasteiger partial charge in [-0.05, 0) is 31.0 Å².